The summed E-state index contributed by atoms with van der Waals surface area (Å²) in [6.45, 7) is 1.39. The molecule has 0 saturated heterocycles. The van der Waals surface area contributed by atoms with Crippen molar-refractivity contribution in [1.29, 1.82) is 0 Å². The van der Waals surface area contributed by atoms with Gasteiger partial charge in [-0.1, -0.05) is 0 Å². The van der Waals surface area contributed by atoms with E-state index in [0.717, 1.165) is 24.1 Å². The van der Waals surface area contributed by atoms with Crippen molar-refractivity contribution in [3.05, 3.63) is 33.0 Å². The van der Waals surface area contributed by atoms with Crippen LogP contribution < -0.4 is 5.69 Å². The first-order valence-electron chi connectivity index (χ1n) is 4.27. The molecule has 0 N–H and O–H groups in total. The van der Waals surface area contributed by atoms with Gasteiger partial charge in [-0.25, -0.2) is 9.59 Å². The topological polar surface area (TPSA) is 104 Å². The molecular formula is C8H9N3O5. The second kappa shape index (κ2) is 4.51. The first-order valence-corrected chi connectivity index (χ1v) is 4.27. The Kier molecular flexibility index (Phi) is 3.33. The van der Waals surface area contributed by atoms with Crippen LogP contribution in [0.25, 0.3) is 0 Å². The lowest BCUT2D eigenvalue weighted by Crippen LogP contribution is -2.30. The fraction of sp³-hybridized carbons (Fsp3) is 0.375. The first kappa shape index (κ1) is 11.8. The molecule has 1 aromatic heterocycles. The number of esters is 1. The summed E-state index contributed by atoms with van der Waals surface area (Å²) >= 11 is 0. The van der Waals surface area contributed by atoms with Crippen LogP contribution in [0.15, 0.2) is 17.2 Å². The highest BCUT2D eigenvalue weighted by Gasteiger charge is 2.19. The van der Waals surface area contributed by atoms with Gasteiger partial charge in [0.1, 0.15) is 12.2 Å². The zero-order valence-corrected chi connectivity index (χ0v) is 8.61. The lowest BCUT2D eigenvalue weighted by molar-refractivity contribution is -0.385. The highest BCUT2D eigenvalue weighted by molar-refractivity contribution is 5.73. The third kappa shape index (κ3) is 2.22. The lowest BCUT2D eigenvalue weighted by Gasteiger charge is -2.10. The Morgan fingerprint density at radius 2 is 2.31 bits per heavy atom. The molecule has 8 nitrogen and oxygen atoms in total. The van der Waals surface area contributed by atoms with E-state index in [0.29, 0.717) is 0 Å². The van der Waals surface area contributed by atoms with E-state index in [1.54, 1.807) is 0 Å². The minimum atomic E-state index is -0.954. The predicted octanol–water partition coefficient (Wildman–Crippen LogP) is -0.115. The third-order valence-electron chi connectivity index (χ3n) is 1.97. The smallest absolute Gasteiger partial charge is 0.348 e. The summed E-state index contributed by atoms with van der Waals surface area (Å²) in [6.07, 6.45) is 1.79. The van der Waals surface area contributed by atoms with Crippen molar-refractivity contribution >= 4 is 11.7 Å². The zero-order valence-electron chi connectivity index (χ0n) is 8.61. The molecule has 86 valence electrons. The number of nitro groups is 1. The zero-order chi connectivity index (χ0) is 12.3. The minimum Gasteiger partial charge on any atom is -0.467 e. The van der Waals surface area contributed by atoms with Crippen LogP contribution >= 0.6 is 0 Å². The van der Waals surface area contributed by atoms with Gasteiger partial charge in [0.15, 0.2) is 0 Å². The molecule has 0 fully saturated rings. The van der Waals surface area contributed by atoms with E-state index in [1.807, 2.05) is 0 Å². The van der Waals surface area contributed by atoms with Gasteiger partial charge in [0.25, 0.3) is 0 Å². The van der Waals surface area contributed by atoms with Crippen molar-refractivity contribution in [2.45, 2.75) is 13.0 Å². The highest BCUT2D eigenvalue weighted by atomic mass is 16.6. The first-order chi connectivity index (χ1) is 7.47. The van der Waals surface area contributed by atoms with Crippen molar-refractivity contribution in [2.75, 3.05) is 7.11 Å². The fourth-order valence-electron chi connectivity index (χ4n) is 1.07. The minimum absolute atomic E-state index is 0.365. The molecule has 0 spiro atoms. The van der Waals surface area contributed by atoms with Crippen LogP contribution in [0, 0.1) is 10.1 Å². The molecule has 1 rings (SSSR count). The number of carbonyl (C=O) groups is 1. The summed E-state index contributed by atoms with van der Waals surface area (Å²) in [7, 11) is 1.16. The van der Waals surface area contributed by atoms with Crippen molar-refractivity contribution in [3.8, 4) is 0 Å². The van der Waals surface area contributed by atoms with Crippen LogP contribution in [0.1, 0.15) is 13.0 Å². The lowest BCUT2D eigenvalue weighted by atomic mass is 10.3. The normalized spacial score (nSPS) is 11.9. The van der Waals surface area contributed by atoms with Crippen molar-refractivity contribution in [1.82, 2.24) is 9.55 Å². The molecule has 0 aromatic carbocycles. The molecule has 1 aromatic rings. The number of ether oxygens (including phenoxy) is 1. The van der Waals surface area contributed by atoms with Crippen molar-refractivity contribution in [3.63, 3.8) is 0 Å². The van der Waals surface area contributed by atoms with Gasteiger partial charge in [0.2, 0.25) is 0 Å². The highest BCUT2D eigenvalue weighted by Crippen LogP contribution is 2.10. The summed E-state index contributed by atoms with van der Waals surface area (Å²) in [5, 5.41) is 10.5. The van der Waals surface area contributed by atoms with Gasteiger partial charge in [0.05, 0.1) is 18.2 Å². The molecule has 1 unspecified atom stereocenters. The van der Waals surface area contributed by atoms with Gasteiger partial charge < -0.3 is 4.74 Å². The summed E-state index contributed by atoms with van der Waals surface area (Å²) in [6, 6.07) is -0.954. The van der Waals surface area contributed by atoms with E-state index in [4.69, 9.17) is 0 Å². The number of hydrogen-bond acceptors (Lipinski definition) is 6. The molecule has 0 aliphatic carbocycles. The molecule has 0 saturated carbocycles. The average molecular weight is 227 g/mol. The molecule has 1 atom stereocenters. The molecule has 0 amide bonds. The SMILES string of the molecule is COC(=O)C(C)n1cc([N+](=O)[O-])cnc1=O. The van der Waals surface area contributed by atoms with Crippen LogP contribution in [0.5, 0.6) is 0 Å². The largest absolute Gasteiger partial charge is 0.467 e. The maximum Gasteiger partial charge on any atom is 0.348 e. The number of rotatable bonds is 3. The van der Waals surface area contributed by atoms with E-state index in [2.05, 4.69) is 9.72 Å². The second-order valence-corrected chi connectivity index (χ2v) is 2.96. The second-order valence-electron chi connectivity index (χ2n) is 2.96. The quantitative estimate of drug-likeness (QED) is 0.405. The number of aromatic nitrogens is 2. The Bertz CT molecular complexity index is 481. The van der Waals surface area contributed by atoms with Crippen LogP contribution in [-0.2, 0) is 9.53 Å². The Morgan fingerprint density at radius 3 is 2.81 bits per heavy atom. The summed E-state index contributed by atoms with van der Waals surface area (Å²) in [5.74, 6) is -0.676. The molecule has 8 heteroatoms. The Labute approximate surface area is 89.6 Å². The summed E-state index contributed by atoms with van der Waals surface area (Å²) in [4.78, 5) is 35.5. The number of hydrogen-bond donors (Lipinski definition) is 0. The Hall–Kier alpha value is -2.25. The van der Waals surface area contributed by atoms with Crippen LogP contribution in [0.3, 0.4) is 0 Å². The Morgan fingerprint density at radius 1 is 1.69 bits per heavy atom. The van der Waals surface area contributed by atoms with Gasteiger partial charge in [-0.05, 0) is 6.92 Å². The molecule has 1 heterocycles. The van der Waals surface area contributed by atoms with E-state index < -0.39 is 22.6 Å². The number of methoxy groups -OCH3 is 1. The van der Waals surface area contributed by atoms with E-state index in [1.165, 1.54) is 6.92 Å². The molecule has 16 heavy (non-hydrogen) atoms. The molecule has 0 aliphatic rings. The van der Waals surface area contributed by atoms with Gasteiger partial charge in [-0.2, -0.15) is 4.98 Å². The maximum atomic E-state index is 11.3. The number of carbonyl (C=O) groups excluding carboxylic acids is 1. The maximum absolute atomic E-state index is 11.3. The summed E-state index contributed by atoms with van der Waals surface area (Å²) < 4.78 is 5.28. The van der Waals surface area contributed by atoms with Gasteiger partial charge in [0, 0.05) is 0 Å². The van der Waals surface area contributed by atoms with E-state index >= 15 is 0 Å². The third-order valence-corrected chi connectivity index (χ3v) is 1.97. The summed E-state index contributed by atoms with van der Waals surface area (Å²) in [5.41, 5.74) is -1.11. The van der Waals surface area contributed by atoms with Crippen LogP contribution in [0.4, 0.5) is 5.69 Å². The standard InChI is InChI=1S/C8H9N3O5/c1-5(7(12)16-2)10-4-6(11(14)15)3-9-8(10)13/h3-5H,1-2H3. The number of nitrogens with zero attached hydrogens (tertiary/aromatic N) is 3. The molecule has 0 bridgehead atoms. The monoisotopic (exact) mass is 227 g/mol. The van der Waals surface area contributed by atoms with Gasteiger partial charge >= 0.3 is 17.3 Å². The van der Waals surface area contributed by atoms with Crippen LogP contribution in [-0.4, -0.2) is 27.6 Å². The van der Waals surface area contributed by atoms with E-state index in [-0.39, 0.29) is 5.69 Å². The predicted molar refractivity (Wildman–Crippen MR) is 51.9 cm³/mol. The van der Waals surface area contributed by atoms with Crippen molar-refractivity contribution in [2.24, 2.45) is 0 Å². The molecule has 0 aliphatic heterocycles. The fourth-order valence-corrected chi connectivity index (χ4v) is 1.07. The molecule has 0 radical (unpaired) electrons. The average Bonchev–Trinajstić information content (AvgIpc) is 2.27. The van der Waals surface area contributed by atoms with Gasteiger partial charge in [-0.15, -0.1) is 0 Å². The molecular weight excluding hydrogens is 218 g/mol. The Balaban J connectivity index is 3.22. The van der Waals surface area contributed by atoms with Crippen molar-refractivity contribution < 1.29 is 14.5 Å². The van der Waals surface area contributed by atoms with E-state index in [9.17, 15) is 19.7 Å². The van der Waals surface area contributed by atoms with Gasteiger partial charge in [-0.3, -0.25) is 14.7 Å². The van der Waals surface area contributed by atoms with Crippen LogP contribution in [0.2, 0.25) is 0 Å².